The molecule has 0 aliphatic heterocycles. The average molecular weight is 446 g/mol. The van der Waals surface area contributed by atoms with Gasteiger partial charge in [-0.2, -0.15) is 10.4 Å². The first kappa shape index (κ1) is 23.2. The number of aryl methyl sites for hydroxylation is 2. The first-order valence-corrected chi connectivity index (χ1v) is 10.7. The maximum atomic E-state index is 10.1. The van der Waals surface area contributed by atoms with E-state index in [0.29, 0.717) is 22.8 Å². The highest BCUT2D eigenvalue weighted by molar-refractivity contribution is 7.79. The SMILES string of the molecule is Cc1nn(C)c(C(OC(=S)Oc2ccccc2)=C(C#N)c2ccc(C(C)(C)C)cc2)c1C. The van der Waals surface area contributed by atoms with Crippen molar-refractivity contribution in [1.29, 1.82) is 5.26 Å². The first-order valence-electron chi connectivity index (χ1n) is 10.3. The molecule has 2 aromatic carbocycles. The molecule has 0 aliphatic rings. The van der Waals surface area contributed by atoms with Crippen LogP contribution < -0.4 is 4.74 Å². The number of nitriles is 1. The molecule has 0 bridgehead atoms. The molecule has 0 saturated heterocycles. The number of rotatable bonds is 4. The largest absolute Gasteiger partial charge is 0.417 e. The Morgan fingerprint density at radius 2 is 1.66 bits per heavy atom. The van der Waals surface area contributed by atoms with Gasteiger partial charge in [0, 0.05) is 24.8 Å². The second kappa shape index (κ2) is 9.37. The highest BCUT2D eigenvalue weighted by Crippen LogP contribution is 2.32. The first-order chi connectivity index (χ1) is 15.1. The van der Waals surface area contributed by atoms with Crippen LogP contribution in [0.1, 0.15) is 48.8 Å². The van der Waals surface area contributed by atoms with Gasteiger partial charge in [0.25, 0.3) is 0 Å². The third-order valence-corrected chi connectivity index (χ3v) is 5.41. The van der Waals surface area contributed by atoms with E-state index in [4.69, 9.17) is 21.7 Å². The summed E-state index contributed by atoms with van der Waals surface area (Å²) in [6, 6.07) is 19.4. The normalized spacial score (nSPS) is 12.0. The number of allylic oxidation sites excluding steroid dienone is 1. The minimum Gasteiger partial charge on any atom is -0.417 e. The lowest BCUT2D eigenvalue weighted by Gasteiger charge is -2.19. The number of hydrogen-bond acceptors (Lipinski definition) is 5. The summed E-state index contributed by atoms with van der Waals surface area (Å²) in [4.78, 5) is 0. The summed E-state index contributed by atoms with van der Waals surface area (Å²) in [6.07, 6.45) is 0. The van der Waals surface area contributed by atoms with Gasteiger partial charge in [0.1, 0.15) is 23.1 Å². The van der Waals surface area contributed by atoms with Gasteiger partial charge in [-0.05, 0) is 42.5 Å². The van der Waals surface area contributed by atoms with E-state index < -0.39 is 0 Å². The van der Waals surface area contributed by atoms with Gasteiger partial charge in [-0.25, -0.2) is 0 Å². The Bertz CT molecular complexity index is 1190. The van der Waals surface area contributed by atoms with Crippen LogP contribution in [0.5, 0.6) is 5.75 Å². The van der Waals surface area contributed by atoms with E-state index >= 15 is 0 Å². The van der Waals surface area contributed by atoms with Crippen LogP contribution in [0.2, 0.25) is 0 Å². The standard InChI is InChI=1S/C26H27N3O2S/c1-17-18(2)28-29(6)23(17)24(31-25(32)30-21-10-8-7-9-11-21)22(16-27)19-12-14-20(15-13-19)26(3,4)5/h7-15H,1-6H3. The Morgan fingerprint density at radius 1 is 1.03 bits per heavy atom. The second-order valence-corrected chi connectivity index (χ2v) is 8.93. The molecule has 0 radical (unpaired) electrons. The molecular formula is C26H27N3O2S. The molecule has 5 nitrogen and oxygen atoms in total. The van der Waals surface area contributed by atoms with Gasteiger partial charge in [0.2, 0.25) is 0 Å². The van der Waals surface area contributed by atoms with Crippen molar-refractivity contribution in [2.75, 3.05) is 0 Å². The molecule has 0 saturated carbocycles. The van der Waals surface area contributed by atoms with Crippen LogP contribution in [0.15, 0.2) is 54.6 Å². The lowest BCUT2D eigenvalue weighted by molar-refractivity contribution is 0.376. The van der Waals surface area contributed by atoms with Crippen molar-refractivity contribution in [2.24, 2.45) is 7.05 Å². The van der Waals surface area contributed by atoms with Crippen molar-refractivity contribution in [3.63, 3.8) is 0 Å². The third kappa shape index (κ3) is 5.06. The quantitative estimate of drug-likeness (QED) is 0.276. The van der Waals surface area contributed by atoms with E-state index in [0.717, 1.165) is 16.8 Å². The summed E-state index contributed by atoms with van der Waals surface area (Å²) in [5, 5.41) is 14.5. The molecule has 0 unspecified atom stereocenters. The van der Waals surface area contributed by atoms with Gasteiger partial charge < -0.3 is 9.47 Å². The average Bonchev–Trinajstić information content (AvgIpc) is 2.99. The molecule has 6 heteroatoms. The summed E-state index contributed by atoms with van der Waals surface area (Å²) in [6.45, 7) is 10.3. The maximum absolute atomic E-state index is 10.1. The molecule has 0 amide bonds. The zero-order valence-electron chi connectivity index (χ0n) is 19.3. The van der Waals surface area contributed by atoms with Crippen molar-refractivity contribution < 1.29 is 9.47 Å². The lowest BCUT2D eigenvalue weighted by atomic mass is 9.86. The van der Waals surface area contributed by atoms with Crippen molar-refractivity contribution in [1.82, 2.24) is 9.78 Å². The fraction of sp³-hybridized carbons (Fsp3) is 0.269. The van der Waals surface area contributed by atoms with Crippen LogP contribution in [0.25, 0.3) is 11.3 Å². The summed E-state index contributed by atoms with van der Waals surface area (Å²) < 4.78 is 13.4. The zero-order valence-corrected chi connectivity index (χ0v) is 20.1. The molecule has 0 atom stereocenters. The van der Waals surface area contributed by atoms with E-state index in [1.54, 1.807) is 16.8 Å². The molecule has 3 aromatic rings. The van der Waals surface area contributed by atoms with Crippen molar-refractivity contribution in [3.8, 4) is 11.8 Å². The Kier molecular flexibility index (Phi) is 6.81. The third-order valence-electron chi connectivity index (χ3n) is 5.24. The van der Waals surface area contributed by atoms with Gasteiger partial charge >= 0.3 is 5.24 Å². The van der Waals surface area contributed by atoms with Gasteiger partial charge in [0.05, 0.1) is 5.69 Å². The zero-order chi connectivity index (χ0) is 23.5. The van der Waals surface area contributed by atoms with E-state index in [1.165, 1.54) is 5.56 Å². The number of nitrogens with zero attached hydrogens (tertiary/aromatic N) is 3. The number of ether oxygens (including phenoxy) is 2. The minimum atomic E-state index is -0.0940. The van der Waals surface area contributed by atoms with Crippen LogP contribution in [0.3, 0.4) is 0 Å². The molecule has 1 aromatic heterocycles. The highest BCUT2D eigenvalue weighted by Gasteiger charge is 2.23. The van der Waals surface area contributed by atoms with Crippen molar-refractivity contribution in [3.05, 3.63) is 82.7 Å². The molecule has 32 heavy (non-hydrogen) atoms. The number of thiocarbonyl (C=S) groups is 1. The number of benzene rings is 2. The second-order valence-electron chi connectivity index (χ2n) is 8.59. The van der Waals surface area contributed by atoms with Gasteiger partial charge in [0.15, 0.2) is 5.76 Å². The summed E-state index contributed by atoms with van der Waals surface area (Å²) in [7, 11) is 1.82. The summed E-state index contributed by atoms with van der Waals surface area (Å²) in [5.74, 6) is 0.875. The molecule has 164 valence electrons. The van der Waals surface area contributed by atoms with Gasteiger partial charge in [-0.3, -0.25) is 4.68 Å². The number of hydrogen-bond donors (Lipinski definition) is 0. The predicted molar refractivity (Wildman–Crippen MR) is 131 cm³/mol. The van der Waals surface area contributed by atoms with Gasteiger partial charge in [-0.1, -0.05) is 63.2 Å². The Hall–Kier alpha value is -3.43. The Morgan fingerprint density at radius 3 is 2.16 bits per heavy atom. The number of para-hydroxylation sites is 1. The topological polar surface area (TPSA) is 60.1 Å². The Balaban J connectivity index is 2.10. The van der Waals surface area contributed by atoms with E-state index in [-0.39, 0.29) is 10.7 Å². The van der Waals surface area contributed by atoms with E-state index in [2.05, 4.69) is 31.9 Å². The summed E-state index contributed by atoms with van der Waals surface area (Å²) >= 11 is 5.37. The molecule has 0 fully saturated rings. The Labute approximate surface area is 194 Å². The molecule has 1 heterocycles. The number of aromatic nitrogens is 2. The fourth-order valence-corrected chi connectivity index (χ4v) is 3.55. The maximum Gasteiger partial charge on any atom is 0.363 e. The lowest BCUT2D eigenvalue weighted by Crippen LogP contribution is -2.13. The molecule has 0 spiro atoms. The monoisotopic (exact) mass is 445 g/mol. The fourth-order valence-electron chi connectivity index (χ4n) is 3.37. The van der Waals surface area contributed by atoms with E-state index in [9.17, 15) is 5.26 Å². The van der Waals surface area contributed by atoms with Crippen LogP contribution in [0, 0.1) is 25.2 Å². The van der Waals surface area contributed by atoms with E-state index in [1.807, 2.05) is 63.4 Å². The van der Waals surface area contributed by atoms with Crippen LogP contribution in [-0.2, 0) is 17.2 Å². The predicted octanol–water partition coefficient (Wildman–Crippen LogP) is 6.11. The van der Waals surface area contributed by atoms with Crippen molar-refractivity contribution in [2.45, 2.75) is 40.0 Å². The van der Waals surface area contributed by atoms with Crippen LogP contribution >= 0.6 is 12.2 Å². The van der Waals surface area contributed by atoms with Gasteiger partial charge in [-0.15, -0.1) is 0 Å². The highest BCUT2D eigenvalue weighted by atomic mass is 32.1. The smallest absolute Gasteiger partial charge is 0.363 e. The summed E-state index contributed by atoms with van der Waals surface area (Å²) in [5.41, 5.74) is 4.71. The molecule has 0 N–H and O–H groups in total. The van der Waals surface area contributed by atoms with Crippen LogP contribution in [0.4, 0.5) is 0 Å². The molecular weight excluding hydrogens is 418 g/mol. The molecule has 0 aliphatic carbocycles. The minimum absolute atomic E-state index is 0.00914. The van der Waals surface area contributed by atoms with Crippen molar-refractivity contribution >= 4 is 28.8 Å². The molecule has 3 rings (SSSR count). The van der Waals surface area contributed by atoms with Crippen LogP contribution in [-0.4, -0.2) is 15.0 Å².